The van der Waals surface area contributed by atoms with Crippen molar-refractivity contribution in [1.29, 1.82) is 0 Å². The van der Waals surface area contributed by atoms with E-state index < -0.39 is 40.5 Å². The number of unbranched alkanes of at least 4 members (excludes halogenated alkanes) is 2. The van der Waals surface area contributed by atoms with E-state index in [1.165, 1.54) is 231 Å². The van der Waals surface area contributed by atoms with Crippen LogP contribution in [-0.4, -0.2) is 208 Å². The monoisotopic (exact) mass is 1700 g/mol. The average Bonchev–Trinajstić information content (AvgIpc) is 0.822. The maximum atomic E-state index is 10.9. The van der Waals surface area contributed by atoms with E-state index in [9.17, 15) is 51.9 Å². The summed E-state index contributed by atoms with van der Waals surface area (Å²) >= 11 is 0. The minimum atomic E-state index is -4.14. The van der Waals surface area contributed by atoms with E-state index in [2.05, 4.69) is 41.5 Å². The molecular weight excluding hydrogens is 1550 g/mol. The molecule has 0 heterocycles. The fourth-order valence-electron chi connectivity index (χ4n) is 18.9. The van der Waals surface area contributed by atoms with Gasteiger partial charge in [0.1, 0.15) is 0 Å². The summed E-state index contributed by atoms with van der Waals surface area (Å²) < 4.78 is 158. The molecule has 8 aliphatic rings. The quantitative estimate of drug-likeness (QED) is 0.0248. The minimum absolute atomic E-state index is 0. The van der Waals surface area contributed by atoms with Gasteiger partial charge in [-0.3, -0.25) is 0 Å². The van der Waals surface area contributed by atoms with Crippen LogP contribution < -0.4 is 118 Å². The van der Waals surface area contributed by atoms with Crippen molar-refractivity contribution in [3.8, 4) is 0 Å². The molecule has 6 unspecified atom stereocenters. The second kappa shape index (κ2) is 63.1. The van der Waals surface area contributed by atoms with Crippen LogP contribution in [-0.2, 0) is 64.2 Å². The van der Waals surface area contributed by atoms with Gasteiger partial charge in [-0.25, -0.2) is 33.7 Å². The first kappa shape index (κ1) is 110. The summed E-state index contributed by atoms with van der Waals surface area (Å²) in [6, 6.07) is 0. The molecule has 0 spiro atoms. The molecule has 0 aromatic rings. The molecule has 0 aromatic heterocycles. The van der Waals surface area contributed by atoms with Gasteiger partial charge in [0.15, 0.2) is 0 Å². The van der Waals surface area contributed by atoms with Crippen molar-refractivity contribution < 1.29 is 194 Å². The Morgan fingerprint density at radius 3 is 0.963 bits per heavy atom. The van der Waals surface area contributed by atoms with Crippen LogP contribution in [0.3, 0.4) is 0 Å². The van der Waals surface area contributed by atoms with E-state index in [4.69, 9.17) is 23.7 Å². The molecule has 29 heteroatoms. The van der Waals surface area contributed by atoms with E-state index in [-0.39, 0.29) is 179 Å². The van der Waals surface area contributed by atoms with Crippen LogP contribution in [0.1, 0.15) is 337 Å². The molecular formula is C78H148Na4O17P4S4. The van der Waals surface area contributed by atoms with Gasteiger partial charge >= 0.3 is 118 Å². The maximum absolute atomic E-state index is 10.9. The summed E-state index contributed by atoms with van der Waals surface area (Å²) in [5, 5.41) is 0. The number of hydrogen-bond donors (Lipinski definition) is 0. The molecule has 0 aromatic carbocycles. The third-order valence-corrected chi connectivity index (χ3v) is 42.2. The van der Waals surface area contributed by atoms with Crippen LogP contribution in [0.25, 0.3) is 0 Å². The first-order valence-electron chi connectivity index (χ1n) is 42.0. The summed E-state index contributed by atoms with van der Waals surface area (Å²) in [7, 11) is -16.4. The molecule has 0 radical (unpaired) electrons. The van der Waals surface area contributed by atoms with E-state index in [0.29, 0.717) is 100 Å². The molecule has 0 saturated heterocycles. The number of ether oxygens (including phenoxy) is 5. The van der Waals surface area contributed by atoms with Crippen LogP contribution in [0.4, 0.5) is 0 Å². The molecule has 610 valence electrons. The molecule has 8 saturated carbocycles. The summed E-state index contributed by atoms with van der Waals surface area (Å²) in [6.45, 7) is 18.1. The van der Waals surface area contributed by atoms with Crippen LogP contribution in [0.5, 0.6) is 0 Å². The number of rotatable bonds is 41. The van der Waals surface area contributed by atoms with Crippen molar-refractivity contribution in [2.75, 3.05) is 75.9 Å². The van der Waals surface area contributed by atoms with Crippen LogP contribution in [0, 0.1) is 0 Å². The maximum Gasteiger partial charge on any atom is 1.00 e. The topological polar surface area (TPSA) is 275 Å². The van der Waals surface area contributed by atoms with Gasteiger partial charge in [0, 0.05) is 74.0 Å². The Morgan fingerprint density at radius 1 is 0.327 bits per heavy atom. The Hall–Kier alpha value is 5.16. The van der Waals surface area contributed by atoms with Gasteiger partial charge in [-0.2, -0.15) is 0 Å². The molecule has 0 N–H and O–H groups in total. The van der Waals surface area contributed by atoms with Crippen LogP contribution >= 0.6 is 31.7 Å². The molecule has 0 aliphatic heterocycles. The largest absolute Gasteiger partial charge is 1.00 e. The third-order valence-electron chi connectivity index (χ3n) is 23.4. The van der Waals surface area contributed by atoms with Gasteiger partial charge in [0.25, 0.3) is 0 Å². The Labute approximate surface area is 750 Å². The predicted octanol–water partition coefficient (Wildman–Crippen LogP) is 7.49. The fraction of sp³-hybridized carbons (Fsp3) is 1.00. The van der Waals surface area contributed by atoms with Crippen molar-refractivity contribution in [3.05, 3.63) is 0 Å². The molecule has 0 bridgehead atoms. The van der Waals surface area contributed by atoms with Crippen molar-refractivity contribution >= 4 is 72.2 Å². The molecule has 8 aliphatic carbocycles. The zero-order valence-electron chi connectivity index (χ0n) is 69.5. The smallest absolute Gasteiger partial charge is 0.748 e. The second-order valence-corrected chi connectivity index (χ2v) is 51.8. The SMILES string of the molecule is CC(C)P(C(C)C)C(C)COCCCS(=O)(=O)[O-].CCCCOCCC(COCCCS(=O)(=O)[O-])P(C1CCCCC1)C1CCCCC1.O=S(=O)([O-])CCCCOC1CCCC(P(C2CCCCC2)C2CCCCC2)C1.O=S(=O)([O-])CCCOC1CCCC(P(C2CCCCC2)C2CCCCC2)C1.[Na+].[Na+].[Na+].[Na+]. The predicted molar refractivity (Wildman–Crippen MR) is 430 cm³/mol. The normalized spacial score (nSPS) is 23.1. The minimum Gasteiger partial charge on any atom is -0.748 e. The standard InChI is InChI=1S/C23H45O5PS.C22H41O4PS.C21H39O4PS.C12H27O4PS.4Na/c1-2-3-16-27-18-15-23(20-28-17-10-19-30(24,25)26)29(21-11-6-4-7-12-21)22-13-8-5-9-14-22;23-28(24,25)17-8-7-16-26-19-10-9-15-22(18-19)27(20-11-3-1-4-12-20)21-13-5-2-6-14-21;22-27(23,24)16-8-15-25-18-9-7-14-21(17-18)26(19-10-3-1-4-11-19)20-12-5-2-6-13-20;1-10(2)17(11(3)4)12(5)9-16-7-6-8-18(13,14)15;;;;/h21-23H,2-20H2,1H3,(H,24,25,26);19-22H,1-18H2,(H,23,24,25);18-21H,1-17H2,(H,22,23,24);10-12H,6-9H2,1-5H3,(H,13,14,15);;;;/q;;;;4*+1/p-4. The van der Waals surface area contributed by atoms with Gasteiger partial charge in [-0.1, -0.05) is 208 Å². The van der Waals surface area contributed by atoms with Crippen molar-refractivity contribution in [2.45, 2.75) is 417 Å². The molecule has 0 amide bonds. The number of hydrogen-bond acceptors (Lipinski definition) is 17. The van der Waals surface area contributed by atoms with E-state index in [1.54, 1.807) is 0 Å². The van der Waals surface area contributed by atoms with Gasteiger partial charge in [-0.05, 0) is 217 Å². The molecule has 8 rings (SSSR count). The Kier molecular flexibility index (Phi) is 65.0. The van der Waals surface area contributed by atoms with Gasteiger partial charge in [0.2, 0.25) is 0 Å². The first-order valence-corrected chi connectivity index (χ1v) is 54.5. The summed E-state index contributed by atoms with van der Waals surface area (Å²) in [5.41, 5.74) is 9.86. The van der Waals surface area contributed by atoms with Gasteiger partial charge in [-0.15, -0.1) is 0 Å². The third kappa shape index (κ3) is 49.8. The molecule has 8 fully saturated rings. The average molecular weight is 1700 g/mol. The van der Waals surface area contributed by atoms with E-state index in [0.717, 1.165) is 90.6 Å². The summed E-state index contributed by atoms with van der Waals surface area (Å²) in [6.07, 6.45) is 58.9. The molecule has 17 nitrogen and oxygen atoms in total. The van der Waals surface area contributed by atoms with Crippen molar-refractivity contribution in [2.24, 2.45) is 0 Å². The van der Waals surface area contributed by atoms with E-state index in [1.807, 2.05) is 0 Å². The zero-order valence-corrected chi connectivity index (χ0v) is 84.3. The second-order valence-electron chi connectivity index (χ2n) is 32.6. The Bertz CT molecular complexity index is 2580. The van der Waals surface area contributed by atoms with Crippen molar-refractivity contribution in [1.82, 2.24) is 0 Å². The summed E-state index contributed by atoms with van der Waals surface area (Å²) in [5.74, 6) is -1.19. The van der Waals surface area contributed by atoms with Crippen LogP contribution in [0.15, 0.2) is 0 Å². The van der Waals surface area contributed by atoms with E-state index >= 15 is 0 Å². The molecule has 6 atom stereocenters. The fourth-order valence-corrected chi connectivity index (χ4v) is 38.1. The summed E-state index contributed by atoms with van der Waals surface area (Å²) in [4.78, 5) is 0. The Balaban J connectivity index is 0.000000715. The van der Waals surface area contributed by atoms with Gasteiger partial charge in [0.05, 0.1) is 65.9 Å². The van der Waals surface area contributed by atoms with Gasteiger partial charge < -0.3 is 41.9 Å². The Morgan fingerprint density at radius 2 is 0.626 bits per heavy atom. The zero-order chi connectivity index (χ0) is 74.9. The van der Waals surface area contributed by atoms with Crippen molar-refractivity contribution in [3.63, 3.8) is 0 Å². The molecule has 107 heavy (non-hydrogen) atoms. The first-order chi connectivity index (χ1) is 49.2. The van der Waals surface area contributed by atoms with Crippen LogP contribution in [0.2, 0.25) is 0 Å².